The normalized spacial score (nSPS) is 10.2. The molecule has 2 rings (SSSR count). The molecule has 0 amide bonds. The fourth-order valence-corrected chi connectivity index (χ4v) is 1.07. The molecule has 2 N–H and O–H groups in total. The van der Waals surface area contributed by atoms with Crippen molar-refractivity contribution in [1.29, 1.82) is 0 Å². The monoisotopic (exact) mass is 174 g/mol. The minimum absolute atomic E-state index is 0.423. The summed E-state index contributed by atoms with van der Waals surface area (Å²) in [4.78, 5) is 1.57. The molecule has 0 unspecified atom stereocenters. The van der Waals surface area contributed by atoms with Gasteiger partial charge in [-0.05, 0) is 12.1 Å². The van der Waals surface area contributed by atoms with Crippen molar-refractivity contribution in [1.82, 2.24) is 15.0 Å². The quantitative estimate of drug-likeness (QED) is 0.730. The molecule has 0 saturated heterocycles. The Hall–Kier alpha value is -1.68. The van der Waals surface area contributed by atoms with Crippen LogP contribution >= 0.6 is 0 Å². The van der Waals surface area contributed by atoms with Gasteiger partial charge in [0.25, 0.3) is 0 Å². The van der Waals surface area contributed by atoms with E-state index in [1.54, 1.807) is 11.0 Å². The summed E-state index contributed by atoms with van der Waals surface area (Å²) in [5.41, 5.74) is 7.17. The molecule has 0 atom stereocenters. The highest BCUT2D eigenvalue weighted by molar-refractivity contribution is 5.28. The van der Waals surface area contributed by atoms with Crippen LogP contribution in [0.4, 0.5) is 0 Å². The second-order valence-corrected chi connectivity index (χ2v) is 2.67. The molecule has 0 aliphatic heterocycles. The van der Waals surface area contributed by atoms with E-state index in [0.29, 0.717) is 6.54 Å². The molecule has 66 valence electrons. The van der Waals surface area contributed by atoms with Crippen molar-refractivity contribution in [2.24, 2.45) is 5.73 Å². The summed E-state index contributed by atoms with van der Waals surface area (Å²) in [5, 5.41) is 8.26. The first kappa shape index (κ1) is 7.94. The third kappa shape index (κ3) is 1.57. The molecule has 2 aromatic rings. The second-order valence-electron chi connectivity index (χ2n) is 2.67. The summed E-state index contributed by atoms with van der Waals surface area (Å²) < 4.78 is 0. The molecule has 13 heavy (non-hydrogen) atoms. The summed E-state index contributed by atoms with van der Waals surface area (Å²) in [5.74, 6) is 0. The number of benzene rings is 1. The summed E-state index contributed by atoms with van der Waals surface area (Å²) in [6.07, 6.45) is 1.67. The lowest BCUT2D eigenvalue weighted by molar-refractivity contribution is 0.738. The van der Waals surface area contributed by atoms with Crippen LogP contribution in [0, 0.1) is 0 Å². The van der Waals surface area contributed by atoms with E-state index in [0.717, 1.165) is 11.4 Å². The van der Waals surface area contributed by atoms with E-state index in [2.05, 4.69) is 10.2 Å². The van der Waals surface area contributed by atoms with Gasteiger partial charge in [-0.15, -0.1) is 0 Å². The number of aromatic nitrogens is 3. The molecule has 1 heterocycles. The van der Waals surface area contributed by atoms with Gasteiger partial charge >= 0.3 is 0 Å². The fourth-order valence-electron chi connectivity index (χ4n) is 1.07. The molecule has 0 spiro atoms. The first-order valence-electron chi connectivity index (χ1n) is 4.07. The number of nitrogens with zero attached hydrogens (tertiary/aromatic N) is 3. The standard InChI is InChI=1S/C9H10N4/c10-6-8-7-11-13(12-8)9-4-2-1-3-5-9/h1-5,7H,6,10H2. The van der Waals surface area contributed by atoms with Gasteiger partial charge in [0.2, 0.25) is 0 Å². The Bertz CT molecular complexity index is 380. The van der Waals surface area contributed by atoms with Crippen molar-refractivity contribution in [2.45, 2.75) is 6.54 Å². The van der Waals surface area contributed by atoms with Crippen molar-refractivity contribution in [2.75, 3.05) is 0 Å². The van der Waals surface area contributed by atoms with E-state index in [-0.39, 0.29) is 0 Å². The van der Waals surface area contributed by atoms with Crippen molar-refractivity contribution >= 4 is 0 Å². The highest BCUT2D eigenvalue weighted by Crippen LogP contribution is 2.03. The number of nitrogens with two attached hydrogens (primary N) is 1. The molecule has 0 fully saturated rings. The van der Waals surface area contributed by atoms with Crippen molar-refractivity contribution in [3.05, 3.63) is 42.2 Å². The van der Waals surface area contributed by atoms with Crippen LogP contribution in [0.1, 0.15) is 5.69 Å². The number of rotatable bonds is 2. The predicted molar refractivity (Wildman–Crippen MR) is 49.3 cm³/mol. The van der Waals surface area contributed by atoms with Crippen LogP contribution < -0.4 is 5.73 Å². The van der Waals surface area contributed by atoms with Gasteiger partial charge in [0.05, 0.1) is 17.6 Å². The maximum Gasteiger partial charge on any atom is 0.0967 e. The number of para-hydroxylation sites is 1. The predicted octanol–water partition coefficient (Wildman–Crippen LogP) is 0.726. The third-order valence-corrected chi connectivity index (χ3v) is 1.74. The lowest BCUT2D eigenvalue weighted by Crippen LogP contribution is -2.01. The van der Waals surface area contributed by atoms with Crippen LogP contribution in [0.2, 0.25) is 0 Å². The Kier molecular flexibility index (Phi) is 2.06. The summed E-state index contributed by atoms with van der Waals surface area (Å²) >= 11 is 0. The van der Waals surface area contributed by atoms with Crippen LogP contribution in [-0.2, 0) is 6.54 Å². The van der Waals surface area contributed by atoms with Gasteiger partial charge in [0.15, 0.2) is 0 Å². The molecular formula is C9H10N4. The zero-order chi connectivity index (χ0) is 9.10. The molecule has 0 aliphatic rings. The molecule has 0 saturated carbocycles. The lowest BCUT2D eigenvalue weighted by atomic mass is 10.3. The molecule has 1 aromatic heterocycles. The largest absolute Gasteiger partial charge is 0.325 e. The summed E-state index contributed by atoms with van der Waals surface area (Å²) in [6, 6.07) is 9.74. The van der Waals surface area contributed by atoms with E-state index in [9.17, 15) is 0 Å². The third-order valence-electron chi connectivity index (χ3n) is 1.74. The van der Waals surface area contributed by atoms with Gasteiger partial charge in [-0.1, -0.05) is 18.2 Å². The minimum Gasteiger partial charge on any atom is -0.325 e. The summed E-state index contributed by atoms with van der Waals surface area (Å²) in [7, 11) is 0. The Morgan fingerprint density at radius 3 is 2.62 bits per heavy atom. The Labute approximate surface area is 76.0 Å². The first-order valence-corrected chi connectivity index (χ1v) is 4.07. The smallest absolute Gasteiger partial charge is 0.0967 e. The second kappa shape index (κ2) is 3.37. The molecule has 1 aromatic carbocycles. The van der Waals surface area contributed by atoms with Crippen LogP contribution in [-0.4, -0.2) is 15.0 Å². The van der Waals surface area contributed by atoms with E-state index in [1.807, 2.05) is 30.3 Å². The lowest BCUT2D eigenvalue weighted by Gasteiger charge is -1.96. The SMILES string of the molecule is NCc1cnn(-c2ccccc2)n1. The van der Waals surface area contributed by atoms with Crippen LogP contribution in [0.5, 0.6) is 0 Å². The van der Waals surface area contributed by atoms with Crippen LogP contribution in [0.25, 0.3) is 5.69 Å². The summed E-state index contributed by atoms with van der Waals surface area (Å²) in [6.45, 7) is 0.423. The molecule has 4 nitrogen and oxygen atoms in total. The topological polar surface area (TPSA) is 56.7 Å². The van der Waals surface area contributed by atoms with Gasteiger partial charge in [-0.25, -0.2) is 0 Å². The first-order chi connectivity index (χ1) is 6.40. The van der Waals surface area contributed by atoms with E-state index in [4.69, 9.17) is 5.73 Å². The Morgan fingerprint density at radius 1 is 1.23 bits per heavy atom. The molecule has 0 aliphatic carbocycles. The van der Waals surface area contributed by atoms with Crippen molar-refractivity contribution in [3.8, 4) is 5.69 Å². The zero-order valence-corrected chi connectivity index (χ0v) is 7.09. The van der Waals surface area contributed by atoms with E-state index >= 15 is 0 Å². The average Bonchev–Trinajstić information content (AvgIpc) is 2.67. The Balaban J connectivity index is 2.36. The molecule has 4 heteroatoms. The maximum atomic E-state index is 5.43. The molecular weight excluding hydrogens is 164 g/mol. The molecule has 0 bridgehead atoms. The van der Waals surface area contributed by atoms with Crippen LogP contribution in [0.3, 0.4) is 0 Å². The van der Waals surface area contributed by atoms with Crippen molar-refractivity contribution in [3.63, 3.8) is 0 Å². The maximum absolute atomic E-state index is 5.43. The highest BCUT2D eigenvalue weighted by Gasteiger charge is 1.99. The Morgan fingerprint density at radius 2 is 2.00 bits per heavy atom. The number of hydrogen-bond donors (Lipinski definition) is 1. The van der Waals surface area contributed by atoms with Crippen LogP contribution in [0.15, 0.2) is 36.5 Å². The van der Waals surface area contributed by atoms with Gasteiger partial charge in [0.1, 0.15) is 0 Å². The van der Waals surface area contributed by atoms with E-state index in [1.165, 1.54) is 0 Å². The van der Waals surface area contributed by atoms with Gasteiger partial charge < -0.3 is 5.73 Å². The highest BCUT2D eigenvalue weighted by atomic mass is 15.5. The minimum atomic E-state index is 0.423. The number of hydrogen-bond acceptors (Lipinski definition) is 3. The average molecular weight is 174 g/mol. The van der Waals surface area contributed by atoms with Crippen molar-refractivity contribution < 1.29 is 0 Å². The van der Waals surface area contributed by atoms with E-state index < -0.39 is 0 Å². The van der Waals surface area contributed by atoms with Gasteiger partial charge in [-0.3, -0.25) is 0 Å². The van der Waals surface area contributed by atoms with Gasteiger partial charge in [0, 0.05) is 6.54 Å². The fraction of sp³-hybridized carbons (Fsp3) is 0.111. The molecule has 0 radical (unpaired) electrons. The zero-order valence-electron chi connectivity index (χ0n) is 7.09. The van der Waals surface area contributed by atoms with Gasteiger partial charge in [-0.2, -0.15) is 15.0 Å².